The molecule has 0 N–H and O–H groups in total. The third-order valence-electron chi connectivity index (χ3n) is 6.24. The smallest absolute Gasteiger partial charge is 0.330 e. The summed E-state index contributed by atoms with van der Waals surface area (Å²) in [5, 5.41) is 2.54. The van der Waals surface area contributed by atoms with Crippen molar-refractivity contribution in [3.05, 3.63) is 64.9 Å². The van der Waals surface area contributed by atoms with Gasteiger partial charge in [0.05, 0.1) is 25.5 Å². The SMILES string of the molecule is COc1cccc(-c2nc(COC(=O)C3CSC4(c5ccc(F)cc5)CCC(=O)N34)cs2)c1OC. The minimum atomic E-state index is -0.698. The van der Waals surface area contributed by atoms with Crippen LogP contribution in [-0.4, -0.2) is 47.8 Å². The molecule has 2 aliphatic heterocycles. The molecule has 3 heterocycles. The summed E-state index contributed by atoms with van der Waals surface area (Å²) in [6, 6.07) is 11.0. The molecule has 2 aliphatic rings. The van der Waals surface area contributed by atoms with Crippen LogP contribution in [0, 0.1) is 5.82 Å². The Kier molecular flexibility index (Phi) is 6.41. The van der Waals surface area contributed by atoms with Crippen molar-refractivity contribution >= 4 is 35.0 Å². The molecule has 182 valence electrons. The van der Waals surface area contributed by atoms with Gasteiger partial charge in [-0.05, 0) is 36.2 Å². The number of carbonyl (C=O) groups is 2. The van der Waals surface area contributed by atoms with E-state index < -0.39 is 16.9 Å². The second kappa shape index (κ2) is 9.50. The molecule has 3 aromatic rings. The van der Waals surface area contributed by atoms with E-state index in [0.717, 1.165) is 11.1 Å². The van der Waals surface area contributed by atoms with Crippen LogP contribution in [0.4, 0.5) is 4.39 Å². The predicted molar refractivity (Wildman–Crippen MR) is 131 cm³/mol. The number of para-hydroxylation sites is 1. The van der Waals surface area contributed by atoms with Gasteiger partial charge in [0.1, 0.15) is 28.3 Å². The Morgan fingerprint density at radius 1 is 1.20 bits per heavy atom. The van der Waals surface area contributed by atoms with Gasteiger partial charge in [0, 0.05) is 17.6 Å². The van der Waals surface area contributed by atoms with E-state index >= 15 is 0 Å². The Labute approximate surface area is 210 Å². The maximum Gasteiger partial charge on any atom is 0.330 e. The van der Waals surface area contributed by atoms with Crippen molar-refractivity contribution in [2.75, 3.05) is 20.0 Å². The van der Waals surface area contributed by atoms with Gasteiger partial charge in [-0.25, -0.2) is 14.2 Å². The van der Waals surface area contributed by atoms with Gasteiger partial charge < -0.3 is 19.1 Å². The normalized spacial score (nSPS) is 21.2. The highest BCUT2D eigenvalue weighted by Gasteiger charge is 2.57. The molecule has 10 heteroatoms. The fourth-order valence-corrected chi connectivity index (χ4v) is 7.08. The lowest BCUT2D eigenvalue weighted by Gasteiger charge is -2.33. The van der Waals surface area contributed by atoms with Gasteiger partial charge in [0.15, 0.2) is 11.5 Å². The number of ether oxygens (including phenoxy) is 3. The molecule has 7 nitrogen and oxygen atoms in total. The Bertz CT molecular complexity index is 1260. The molecule has 2 aromatic carbocycles. The Hall–Kier alpha value is -3.11. The van der Waals surface area contributed by atoms with Crippen LogP contribution in [0.1, 0.15) is 24.1 Å². The summed E-state index contributed by atoms with van der Waals surface area (Å²) in [6.07, 6.45) is 0.912. The van der Waals surface area contributed by atoms with Gasteiger partial charge in [0.2, 0.25) is 5.91 Å². The van der Waals surface area contributed by atoms with E-state index in [-0.39, 0.29) is 18.3 Å². The molecular formula is C25H23FN2O5S2. The maximum atomic E-state index is 13.5. The maximum absolute atomic E-state index is 13.5. The molecule has 1 amide bonds. The van der Waals surface area contributed by atoms with Gasteiger partial charge in [-0.3, -0.25) is 4.79 Å². The number of esters is 1. The number of fused-ring (bicyclic) bond motifs is 1. The van der Waals surface area contributed by atoms with Crippen molar-refractivity contribution in [1.29, 1.82) is 0 Å². The Morgan fingerprint density at radius 3 is 2.74 bits per heavy atom. The number of aromatic nitrogens is 1. The second-order valence-electron chi connectivity index (χ2n) is 8.17. The minimum absolute atomic E-state index is 0.00559. The lowest BCUT2D eigenvalue weighted by Crippen LogP contribution is -2.46. The first-order valence-corrected chi connectivity index (χ1v) is 12.9. The standard InChI is InChI=1S/C25H23FN2O5S2/c1-31-20-5-3-4-18(22(20)32-2)23-27-17(13-34-23)12-33-24(30)19-14-35-25(11-10-21(29)28(19)25)15-6-8-16(26)9-7-15/h3-9,13,19H,10-12,14H2,1-2H3. The molecule has 0 bridgehead atoms. The zero-order chi connectivity index (χ0) is 24.6. The monoisotopic (exact) mass is 514 g/mol. The van der Waals surface area contributed by atoms with Gasteiger partial charge in [-0.15, -0.1) is 23.1 Å². The van der Waals surface area contributed by atoms with E-state index in [2.05, 4.69) is 4.98 Å². The minimum Gasteiger partial charge on any atom is -0.493 e. The van der Waals surface area contributed by atoms with Crippen LogP contribution in [0.25, 0.3) is 10.6 Å². The fraction of sp³-hybridized carbons (Fsp3) is 0.320. The van der Waals surface area contributed by atoms with Crippen LogP contribution in [0.3, 0.4) is 0 Å². The molecule has 2 unspecified atom stereocenters. The molecule has 2 saturated heterocycles. The number of rotatable bonds is 7. The van der Waals surface area contributed by atoms with Crippen LogP contribution < -0.4 is 9.47 Å². The number of methoxy groups -OCH3 is 2. The zero-order valence-corrected chi connectivity index (χ0v) is 20.8. The highest BCUT2D eigenvalue weighted by Crippen LogP contribution is 2.54. The highest BCUT2D eigenvalue weighted by atomic mass is 32.2. The van der Waals surface area contributed by atoms with E-state index in [1.807, 2.05) is 23.6 Å². The van der Waals surface area contributed by atoms with Crippen LogP contribution in [0.5, 0.6) is 11.5 Å². The van der Waals surface area contributed by atoms with E-state index in [1.165, 1.54) is 35.2 Å². The Balaban J connectivity index is 1.30. The number of thiazole rings is 1. The molecule has 1 aromatic heterocycles. The molecule has 0 radical (unpaired) electrons. The van der Waals surface area contributed by atoms with Crippen LogP contribution in [0.15, 0.2) is 47.8 Å². The van der Waals surface area contributed by atoms with Crippen LogP contribution in [-0.2, 0) is 25.8 Å². The van der Waals surface area contributed by atoms with Crippen molar-refractivity contribution < 1.29 is 28.2 Å². The quantitative estimate of drug-likeness (QED) is 0.427. The zero-order valence-electron chi connectivity index (χ0n) is 19.2. The fourth-order valence-electron chi connectivity index (χ4n) is 4.62. The number of benzene rings is 2. The second-order valence-corrected chi connectivity index (χ2v) is 10.3. The number of carbonyl (C=O) groups excluding carboxylic acids is 2. The molecule has 2 fully saturated rings. The predicted octanol–water partition coefficient (Wildman–Crippen LogP) is 4.60. The van der Waals surface area contributed by atoms with Crippen molar-refractivity contribution in [3.8, 4) is 22.1 Å². The lowest BCUT2D eigenvalue weighted by molar-refractivity contribution is -0.155. The van der Waals surface area contributed by atoms with E-state index in [9.17, 15) is 14.0 Å². The largest absolute Gasteiger partial charge is 0.493 e. The van der Waals surface area contributed by atoms with Crippen LogP contribution in [0.2, 0.25) is 0 Å². The summed E-state index contributed by atoms with van der Waals surface area (Å²) in [5.74, 6) is 0.708. The molecule has 0 saturated carbocycles. The first-order chi connectivity index (χ1) is 17.0. The summed E-state index contributed by atoms with van der Waals surface area (Å²) >= 11 is 2.94. The lowest BCUT2D eigenvalue weighted by atomic mass is 10.0. The van der Waals surface area contributed by atoms with Crippen molar-refractivity contribution in [1.82, 2.24) is 9.88 Å². The number of nitrogens with zero attached hydrogens (tertiary/aromatic N) is 2. The summed E-state index contributed by atoms with van der Waals surface area (Å²) in [5.41, 5.74) is 2.21. The van der Waals surface area contributed by atoms with Crippen molar-refractivity contribution in [2.45, 2.75) is 30.4 Å². The van der Waals surface area contributed by atoms with Crippen molar-refractivity contribution in [2.24, 2.45) is 0 Å². The van der Waals surface area contributed by atoms with E-state index in [4.69, 9.17) is 14.2 Å². The van der Waals surface area contributed by atoms with E-state index in [0.29, 0.717) is 40.8 Å². The summed E-state index contributed by atoms with van der Waals surface area (Å²) in [4.78, 5) is 31.4. The third-order valence-corrected chi connectivity index (χ3v) is 8.76. The number of hydrogen-bond acceptors (Lipinski definition) is 8. The first kappa shape index (κ1) is 23.6. The highest BCUT2D eigenvalue weighted by molar-refractivity contribution is 8.00. The third kappa shape index (κ3) is 4.14. The molecular weight excluding hydrogens is 491 g/mol. The first-order valence-electron chi connectivity index (χ1n) is 11.0. The summed E-state index contributed by atoms with van der Waals surface area (Å²) in [7, 11) is 3.15. The molecule has 5 rings (SSSR count). The van der Waals surface area contributed by atoms with E-state index in [1.54, 1.807) is 31.3 Å². The van der Waals surface area contributed by atoms with Gasteiger partial charge >= 0.3 is 5.97 Å². The summed E-state index contributed by atoms with van der Waals surface area (Å²) in [6.45, 7) is -0.00559. The molecule has 2 atom stereocenters. The Morgan fingerprint density at radius 2 is 2.00 bits per heavy atom. The van der Waals surface area contributed by atoms with Crippen molar-refractivity contribution in [3.63, 3.8) is 0 Å². The topological polar surface area (TPSA) is 78.0 Å². The number of amides is 1. The van der Waals surface area contributed by atoms with Gasteiger partial charge in [-0.1, -0.05) is 18.2 Å². The number of thioether (sulfide) groups is 1. The van der Waals surface area contributed by atoms with Gasteiger partial charge in [-0.2, -0.15) is 0 Å². The average Bonchev–Trinajstić information content (AvgIpc) is 3.59. The number of halogens is 1. The summed E-state index contributed by atoms with van der Waals surface area (Å²) < 4.78 is 29.9. The molecule has 0 aliphatic carbocycles. The van der Waals surface area contributed by atoms with Gasteiger partial charge in [0.25, 0.3) is 0 Å². The average molecular weight is 515 g/mol. The molecule has 35 heavy (non-hydrogen) atoms. The molecule has 0 spiro atoms. The number of hydrogen-bond donors (Lipinski definition) is 0. The van der Waals surface area contributed by atoms with Crippen LogP contribution >= 0.6 is 23.1 Å².